The lowest BCUT2D eigenvalue weighted by atomic mass is 10.1. The van der Waals surface area contributed by atoms with E-state index in [9.17, 15) is 9.59 Å². The summed E-state index contributed by atoms with van der Waals surface area (Å²) < 4.78 is 20.8. The largest absolute Gasteiger partial charge is 0.493 e. The van der Waals surface area contributed by atoms with Gasteiger partial charge in [0, 0.05) is 19.7 Å². The van der Waals surface area contributed by atoms with Crippen LogP contribution in [0.4, 0.5) is 0 Å². The number of nitrogens with zero attached hydrogens (tertiary/aromatic N) is 1. The Morgan fingerprint density at radius 2 is 1.96 bits per heavy atom. The summed E-state index contributed by atoms with van der Waals surface area (Å²) in [6.45, 7) is 1.53. The highest BCUT2D eigenvalue weighted by Gasteiger charge is 2.23. The van der Waals surface area contributed by atoms with Crippen LogP contribution in [0.3, 0.4) is 0 Å². The van der Waals surface area contributed by atoms with Crippen molar-refractivity contribution in [3.05, 3.63) is 23.8 Å². The zero-order chi connectivity index (χ0) is 18.9. The molecule has 1 aliphatic heterocycles. The molecule has 1 aromatic carbocycles. The maximum absolute atomic E-state index is 12.8. The normalized spacial score (nSPS) is 16.2. The number of methoxy groups -OCH3 is 3. The first-order valence-corrected chi connectivity index (χ1v) is 8.74. The first kappa shape index (κ1) is 20.0. The summed E-state index contributed by atoms with van der Waals surface area (Å²) in [7, 11) is 4.47. The summed E-state index contributed by atoms with van der Waals surface area (Å²) in [5.74, 6) is 0.807. The van der Waals surface area contributed by atoms with E-state index in [0.717, 1.165) is 25.0 Å². The number of amides is 1. The van der Waals surface area contributed by atoms with Crippen LogP contribution in [0.15, 0.2) is 18.2 Å². The Kier molecular flexibility index (Phi) is 7.72. The van der Waals surface area contributed by atoms with Gasteiger partial charge in [0.1, 0.15) is 0 Å². The molecule has 0 saturated carbocycles. The molecule has 1 fully saturated rings. The van der Waals surface area contributed by atoms with Gasteiger partial charge in [-0.3, -0.25) is 9.59 Å². The predicted molar refractivity (Wildman–Crippen MR) is 95.4 cm³/mol. The van der Waals surface area contributed by atoms with Gasteiger partial charge in [0.15, 0.2) is 11.5 Å². The van der Waals surface area contributed by atoms with Crippen molar-refractivity contribution in [3.8, 4) is 11.5 Å². The summed E-state index contributed by atoms with van der Waals surface area (Å²) in [5, 5.41) is 0. The molecule has 2 rings (SSSR count). The second-order valence-corrected chi connectivity index (χ2v) is 6.17. The van der Waals surface area contributed by atoms with Crippen LogP contribution in [-0.2, 0) is 25.5 Å². The van der Waals surface area contributed by atoms with Crippen LogP contribution in [-0.4, -0.2) is 63.9 Å². The topological polar surface area (TPSA) is 74.3 Å². The fraction of sp³-hybridized carbons (Fsp3) is 0.579. The maximum atomic E-state index is 12.8. The minimum Gasteiger partial charge on any atom is -0.493 e. The number of rotatable bonds is 9. The molecule has 0 radical (unpaired) electrons. The van der Waals surface area contributed by atoms with Gasteiger partial charge in [0.25, 0.3) is 0 Å². The Hall–Kier alpha value is -2.28. The van der Waals surface area contributed by atoms with Crippen molar-refractivity contribution in [2.24, 2.45) is 0 Å². The van der Waals surface area contributed by atoms with Crippen molar-refractivity contribution < 1.29 is 28.5 Å². The number of benzene rings is 1. The molecule has 0 aromatic heterocycles. The molecule has 1 atom stereocenters. The molecule has 1 amide bonds. The van der Waals surface area contributed by atoms with E-state index in [-0.39, 0.29) is 30.8 Å². The van der Waals surface area contributed by atoms with Gasteiger partial charge < -0.3 is 23.8 Å². The third-order valence-electron chi connectivity index (χ3n) is 4.42. The summed E-state index contributed by atoms with van der Waals surface area (Å²) >= 11 is 0. The van der Waals surface area contributed by atoms with Crippen molar-refractivity contribution in [2.75, 3.05) is 41.0 Å². The third kappa shape index (κ3) is 5.62. The molecule has 7 heteroatoms. The van der Waals surface area contributed by atoms with Crippen molar-refractivity contribution in [3.63, 3.8) is 0 Å². The second-order valence-electron chi connectivity index (χ2n) is 6.17. The zero-order valence-corrected chi connectivity index (χ0v) is 15.7. The van der Waals surface area contributed by atoms with Gasteiger partial charge in [-0.05, 0) is 30.5 Å². The molecular weight excluding hydrogens is 338 g/mol. The predicted octanol–water partition coefficient (Wildman–Crippen LogP) is 1.82. The Balaban J connectivity index is 2.05. The van der Waals surface area contributed by atoms with Crippen LogP contribution in [0.2, 0.25) is 0 Å². The number of carbonyl (C=O) groups excluding carboxylic acids is 2. The monoisotopic (exact) mass is 365 g/mol. The van der Waals surface area contributed by atoms with E-state index in [1.165, 1.54) is 7.11 Å². The first-order valence-electron chi connectivity index (χ1n) is 8.74. The minimum absolute atomic E-state index is 0.0296. The fourth-order valence-corrected chi connectivity index (χ4v) is 2.96. The lowest BCUT2D eigenvalue weighted by molar-refractivity contribution is -0.142. The highest BCUT2D eigenvalue weighted by molar-refractivity contribution is 5.80. The van der Waals surface area contributed by atoms with Gasteiger partial charge in [-0.1, -0.05) is 6.07 Å². The van der Waals surface area contributed by atoms with Gasteiger partial charge in [0.2, 0.25) is 5.91 Å². The Morgan fingerprint density at radius 3 is 2.58 bits per heavy atom. The molecule has 26 heavy (non-hydrogen) atoms. The molecule has 1 aromatic rings. The first-order chi connectivity index (χ1) is 12.6. The number of hydrogen-bond acceptors (Lipinski definition) is 6. The van der Waals surface area contributed by atoms with Crippen molar-refractivity contribution in [1.29, 1.82) is 0 Å². The maximum Gasteiger partial charge on any atom is 0.307 e. The highest BCUT2D eigenvalue weighted by Crippen LogP contribution is 2.28. The van der Waals surface area contributed by atoms with Crippen LogP contribution in [0.5, 0.6) is 11.5 Å². The molecule has 7 nitrogen and oxygen atoms in total. The summed E-state index contributed by atoms with van der Waals surface area (Å²) in [4.78, 5) is 26.0. The van der Waals surface area contributed by atoms with Gasteiger partial charge in [-0.25, -0.2) is 0 Å². The Morgan fingerprint density at radius 1 is 1.19 bits per heavy atom. The number of carbonyl (C=O) groups is 2. The number of ether oxygens (including phenoxy) is 4. The van der Waals surface area contributed by atoms with Crippen LogP contribution in [0.1, 0.15) is 24.8 Å². The standard InChI is InChI=1S/C19H27NO6/c1-23-16-7-6-14(11-17(16)24-2)12-18(21)20(9-8-19(22)25-3)13-15-5-4-10-26-15/h6-7,11,15H,4-5,8-10,12-13H2,1-3H3/t15-/m0/s1. The molecule has 1 saturated heterocycles. The molecule has 0 bridgehead atoms. The van der Waals surface area contributed by atoms with E-state index >= 15 is 0 Å². The highest BCUT2D eigenvalue weighted by atomic mass is 16.5. The van der Waals surface area contributed by atoms with E-state index < -0.39 is 0 Å². The van der Waals surface area contributed by atoms with Crippen LogP contribution in [0.25, 0.3) is 0 Å². The second kappa shape index (κ2) is 10.0. The quantitative estimate of drug-likeness (QED) is 0.622. The van der Waals surface area contributed by atoms with Gasteiger partial charge >= 0.3 is 5.97 Å². The zero-order valence-electron chi connectivity index (χ0n) is 15.7. The summed E-state index contributed by atoms with van der Waals surface area (Å²) in [6, 6.07) is 5.41. The molecule has 144 valence electrons. The van der Waals surface area contributed by atoms with Crippen molar-refractivity contribution in [1.82, 2.24) is 4.90 Å². The molecule has 1 aliphatic rings. The van der Waals surface area contributed by atoms with Gasteiger partial charge in [-0.2, -0.15) is 0 Å². The van der Waals surface area contributed by atoms with Crippen LogP contribution >= 0.6 is 0 Å². The van der Waals surface area contributed by atoms with Gasteiger partial charge in [0.05, 0.1) is 40.3 Å². The lowest BCUT2D eigenvalue weighted by Crippen LogP contribution is -2.39. The molecule has 1 heterocycles. The SMILES string of the molecule is COC(=O)CCN(C[C@@H]1CCCO1)C(=O)Cc1ccc(OC)c(OC)c1. The molecule has 0 spiro atoms. The van der Waals surface area contributed by atoms with E-state index in [1.54, 1.807) is 31.3 Å². The molecular formula is C19H27NO6. The average molecular weight is 365 g/mol. The summed E-state index contributed by atoms with van der Waals surface area (Å²) in [5.41, 5.74) is 0.822. The van der Waals surface area contributed by atoms with Gasteiger partial charge in [-0.15, -0.1) is 0 Å². The molecule has 0 N–H and O–H groups in total. The van der Waals surface area contributed by atoms with Crippen molar-refractivity contribution >= 4 is 11.9 Å². The fourth-order valence-electron chi connectivity index (χ4n) is 2.96. The average Bonchev–Trinajstić information content (AvgIpc) is 3.17. The van der Waals surface area contributed by atoms with E-state index in [4.69, 9.17) is 14.2 Å². The van der Waals surface area contributed by atoms with E-state index in [1.807, 2.05) is 6.07 Å². The van der Waals surface area contributed by atoms with Crippen LogP contribution in [0, 0.1) is 0 Å². The lowest BCUT2D eigenvalue weighted by Gasteiger charge is -2.25. The summed E-state index contributed by atoms with van der Waals surface area (Å²) in [6.07, 6.45) is 2.34. The molecule has 0 aliphatic carbocycles. The Bertz CT molecular complexity index is 612. The Labute approximate surface area is 154 Å². The van der Waals surface area contributed by atoms with E-state index in [0.29, 0.717) is 24.6 Å². The van der Waals surface area contributed by atoms with E-state index in [2.05, 4.69) is 4.74 Å². The number of esters is 1. The number of hydrogen-bond donors (Lipinski definition) is 0. The van der Waals surface area contributed by atoms with Crippen LogP contribution < -0.4 is 9.47 Å². The minimum atomic E-state index is -0.332. The molecule has 0 unspecified atom stereocenters. The smallest absolute Gasteiger partial charge is 0.307 e. The van der Waals surface area contributed by atoms with Crippen molar-refractivity contribution in [2.45, 2.75) is 31.8 Å². The third-order valence-corrected chi connectivity index (χ3v) is 4.42.